The van der Waals surface area contributed by atoms with Crippen LogP contribution in [0, 0.1) is 11.3 Å². The number of aromatic nitrogens is 2. The van der Waals surface area contributed by atoms with E-state index in [0.717, 1.165) is 28.0 Å². The highest BCUT2D eigenvalue weighted by Gasteiger charge is 2.07. The molecule has 0 atom stereocenters. The quantitative estimate of drug-likeness (QED) is 0.549. The average molecular weight is 345 g/mol. The van der Waals surface area contributed by atoms with Gasteiger partial charge in [-0.3, -0.25) is 0 Å². The van der Waals surface area contributed by atoms with Crippen LogP contribution >= 0.6 is 11.6 Å². The lowest BCUT2D eigenvalue weighted by molar-refractivity contribution is 0.910. The van der Waals surface area contributed by atoms with Crippen LogP contribution in [-0.2, 0) is 0 Å². The van der Waals surface area contributed by atoms with Gasteiger partial charge in [-0.25, -0.2) is 4.68 Å². The molecule has 0 saturated carbocycles. The lowest BCUT2D eigenvalue weighted by atomic mass is 10.2. The molecule has 25 heavy (non-hydrogen) atoms. The topological polar surface area (TPSA) is 53.6 Å². The summed E-state index contributed by atoms with van der Waals surface area (Å²) in [4.78, 5) is 0. The number of nitrogens with zero attached hydrogens (tertiary/aromatic N) is 3. The summed E-state index contributed by atoms with van der Waals surface area (Å²) in [5.74, 6) is 0. The summed E-state index contributed by atoms with van der Waals surface area (Å²) in [6.45, 7) is 0. The maximum absolute atomic E-state index is 9.07. The Bertz CT molecular complexity index is 1110. The molecule has 4 nitrogen and oxygen atoms in total. The van der Waals surface area contributed by atoms with Gasteiger partial charge in [-0.05, 0) is 48.5 Å². The SMILES string of the molecule is N#Cc1cccc(-n2ncc3cc(Nc4ccccc4Cl)ccc32)c1. The lowest BCUT2D eigenvalue weighted by Gasteiger charge is -2.09. The number of nitriles is 1. The Morgan fingerprint density at radius 2 is 1.88 bits per heavy atom. The number of rotatable bonds is 3. The molecule has 4 aromatic rings. The van der Waals surface area contributed by atoms with Crippen molar-refractivity contribution in [3.8, 4) is 11.8 Å². The minimum Gasteiger partial charge on any atom is -0.354 e. The molecule has 0 amide bonds. The summed E-state index contributed by atoms with van der Waals surface area (Å²) in [7, 11) is 0. The average Bonchev–Trinajstić information content (AvgIpc) is 3.07. The molecule has 0 aliphatic heterocycles. The Kier molecular flexibility index (Phi) is 3.85. The predicted molar refractivity (Wildman–Crippen MR) is 101 cm³/mol. The van der Waals surface area contributed by atoms with Crippen molar-refractivity contribution in [2.45, 2.75) is 0 Å². The molecular formula is C20H13ClN4. The van der Waals surface area contributed by atoms with Crippen LogP contribution in [0.4, 0.5) is 11.4 Å². The minimum atomic E-state index is 0.609. The van der Waals surface area contributed by atoms with Gasteiger partial charge >= 0.3 is 0 Å². The first kappa shape index (κ1) is 15.3. The second-order valence-electron chi connectivity index (χ2n) is 5.60. The van der Waals surface area contributed by atoms with Crippen molar-refractivity contribution >= 4 is 33.9 Å². The zero-order valence-corrected chi connectivity index (χ0v) is 13.9. The van der Waals surface area contributed by atoms with Crippen molar-refractivity contribution in [2.24, 2.45) is 0 Å². The molecule has 1 N–H and O–H groups in total. The van der Waals surface area contributed by atoms with Crippen molar-refractivity contribution in [2.75, 3.05) is 5.32 Å². The van der Waals surface area contributed by atoms with Crippen LogP contribution in [0.5, 0.6) is 0 Å². The van der Waals surface area contributed by atoms with Gasteiger partial charge in [0, 0.05) is 11.1 Å². The number of nitrogens with one attached hydrogen (secondary N) is 1. The van der Waals surface area contributed by atoms with E-state index in [1.807, 2.05) is 71.5 Å². The third-order valence-electron chi connectivity index (χ3n) is 3.94. The van der Waals surface area contributed by atoms with E-state index in [0.29, 0.717) is 10.6 Å². The highest BCUT2D eigenvalue weighted by Crippen LogP contribution is 2.27. The fraction of sp³-hybridized carbons (Fsp3) is 0. The Hall–Kier alpha value is -3.29. The van der Waals surface area contributed by atoms with Crippen LogP contribution in [0.3, 0.4) is 0 Å². The summed E-state index contributed by atoms with van der Waals surface area (Å²) in [6.07, 6.45) is 1.81. The van der Waals surface area contributed by atoms with Gasteiger partial charge in [-0.15, -0.1) is 0 Å². The normalized spacial score (nSPS) is 10.6. The van der Waals surface area contributed by atoms with E-state index in [-0.39, 0.29) is 0 Å². The molecule has 120 valence electrons. The van der Waals surface area contributed by atoms with Crippen LogP contribution < -0.4 is 5.32 Å². The number of benzene rings is 3. The van der Waals surface area contributed by atoms with E-state index in [2.05, 4.69) is 16.5 Å². The van der Waals surface area contributed by atoms with Gasteiger partial charge in [0.15, 0.2) is 0 Å². The van der Waals surface area contributed by atoms with E-state index in [9.17, 15) is 0 Å². The highest BCUT2D eigenvalue weighted by molar-refractivity contribution is 6.33. The highest BCUT2D eigenvalue weighted by atomic mass is 35.5. The summed E-state index contributed by atoms with van der Waals surface area (Å²) in [5, 5.41) is 18.5. The predicted octanol–water partition coefficient (Wildman–Crippen LogP) is 5.29. The third-order valence-corrected chi connectivity index (χ3v) is 4.27. The van der Waals surface area contributed by atoms with Crippen LogP contribution in [0.1, 0.15) is 5.56 Å². The Morgan fingerprint density at radius 3 is 2.72 bits per heavy atom. The summed E-state index contributed by atoms with van der Waals surface area (Å²) < 4.78 is 1.83. The second kappa shape index (κ2) is 6.31. The molecule has 1 aromatic heterocycles. The largest absolute Gasteiger partial charge is 0.354 e. The van der Waals surface area contributed by atoms with Gasteiger partial charge < -0.3 is 5.32 Å². The first-order valence-electron chi connectivity index (χ1n) is 7.74. The molecular weight excluding hydrogens is 332 g/mol. The van der Waals surface area contributed by atoms with Gasteiger partial charge in [-0.2, -0.15) is 10.4 Å². The van der Waals surface area contributed by atoms with Gasteiger partial charge in [0.1, 0.15) is 0 Å². The van der Waals surface area contributed by atoms with Crippen LogP contribution in [-0.4, -0.2) is 9.78 Å². The molecule has 0 spiro atoms. The minimum absolute atomic E-state index is 0.609. The van der Waals surface area contributed by atoms with Crippen LogP contribution in [0.15, 0.2) is 72.9 Å². The molecule has 0 saturated heterocycles. The number of hydrogen-bond donors (Lipinski definition) is 1. The van der Waals surface area contributed by atoms with Crippen molar-refractivity contribution in [1.29, 1.82) is 5.26 Å². The molecule has 0 unspecified atom stereocenters. The maximum Gasteiger partial charge on any atom is 0.0992 e. The first-order chi connectivity index (χ1) is 12.2. The number of anilines is 2. The van der Waals surface area contributed by atoms with E-state index in [1.165, 1.54) is 0 Å². The molecule has 0 fully saturated rings. The number of halogens is 1. The molecule has 0 aliphatic carbocycles. The zero-order chi connectivity index (χ0) is 17.2. The fourth-order valence-corrected chi connectivity index (χ4v) is 2.92. The standard InChI is InChI=1S/C20H13ClN4/c21-18-6-1-2-7-19(18)24-16-8-9-20-15(11-16)13-23-25(20)17-5-3-4-14(10-17)12-22/h1-11,13,24H. The monoisotopic (exact) mass is 344 g/mol. The van der Waals surface area contributed by atoms with E-state index < -0.39 is 0 Å². The Balaban J connectivity index is 1.72. The first-order valence-corrected chi connectivity index (χ1v) is 8.12. The van der Waals surface area contributed by atoms with E-state index in [4.69, 9.17) is 16.9 Å². The fourth-order valence-electron chi connectivity index (χ4n) is 2.74. The molecule has 0 bridgehead atoms. The zero-order valence-electron chi connectivity index (χ0n) is 13.1. The summed E-state index contributed by atoms with van der Waals surface area (Å²) in [5.41, 5.74) is 4.24. The van der Waals surface area contributed by atoms with E-state index in [1.54, 1.807) is 6.07 Å². The number of fused-ring (bicyclic) bond motifs is 1. The van der Waals surface area contributed by atoms with Crippen LogP contribution in [0.2, 0.25) is 5.02 Å². The van der Waals surface area contributed by atoms with Crippen molar-refractivity contribution in [3.63, 3.8) is 0 Å². The maximum atomic E-state index is 9.07. The Morgan fingerprint density at radius 1 is 1.00 bits per heavy atom. The molecule has 3 aromatic carbocycles. The van der Waals surface area contributed by atoms with Gasteiger partial charge in [0.05, 0.1) is 39.7 Å². The van der Waals surface area contributed by atoms with E-state index >= 15 is 0 Å². The lowest BCUT2D eigenvalue weighted by Crippen LogP contribution is -1.96. The number of para-hydroxylation sites is 1. The van der Waals surface area contributed by atoms with Crippen molar-refractivity contribution in [3.05, 3.63) is 83.5 Å². The summed E-state index contributed by atoms with van der Waals surface area (Å²) in [6, 6.07) is 23.2. The van der Waals surface area contributed by atoms with Gasteiger partial charge in [0.2, 0.25) is 0 Å². The van der Waals surface area contributed by atoms with Gasteiger partial charge in [-0.1, -0.05) is 29.8 Å². The molecule has 0 aliphatic rings. The number of hydrogen-bond acceptors (Lipinski definition) is 3. The summed E-state index contributed by atoms with van der Waals surface area (Å²) >= 11 is 6.20. The second-order valence-corrected chi connectivity index (χ2v) is 6.00. The van der Waals surface area contributed by atoms with Crippen LogP contribution in [0.25, 0.3) is 16.6 Å². The third kappa shape index (κ3) is 2.93. The van der Waals surface area contributed by atoms with Crippen molar-refractivity contribution in [1.82, 2.24) is 9.78 Å². The molecule has 0 radical (unpaired) electrons. The molecule has 1 heterocycles. The Labute approximate surface area is 149 Å². The smallest absolute Gasteiger partial charge is 0.0992 e. The molecule has 4 rings (SSSR count). The van der Waals surface area contributed by atoms with Crippen molar-refractivity contribution < 1.29 is 0 Å². The van der Waals surface area contributed by atoms with Gasteiger partial charge in [0.25, 0.3) is 0 Å². The molecule has 5 heteroatoms.